The summed E-state index contributed by atoms with van der Waals surface area (Å²) < 4.78 is 5.79. The third-order valence-electron chi connectivity index (χ3n) is 6.61. The summed E-state index contributed by atoms with van der Waals surface area (Å²) in [7, 11) is 2.17. The van der Waals surface area contributed by atoms with Crippen LogP contribution in [-0.2, 0) is 6.42 Å². The summed E-state index contributed by atoms with van der Waals surface area (Å²) in [6.07, 6.45) is 7.93. The van der Waals surface area contributed by atoms with Crippen LogP contribution >= 0.6 is 0 Å². The second-order valence-corrected chi connectivity index (χ2v) is 8.92. The van der Waals surface area contributed by atoms with Crippen molar-refractivity contribution in [2.75, 3.05) is 50.1 Å². The summed E-state index contributed by atoms with van der Waals surface area (Å²) in [5.41, 5.74) is 6.48. The van der Waals surface area contributed by atoms with Gasteiger partial charge in [-0.3, -0.25) is 0 Å². The number of hydrogen-bond acceptors (Lipinski definition) is 6. The highest BCUT2D eigenvalue weighted by Gasteiger charge is 2.16. The molecule has 6 rings (SSSR count). The van der Waals surface area contributed by atoms with Gasteiger partial charge in [-0.2, -0.15) is 0 Å². The zero-order valence-electron chi connectivity index (χ0n) is 18.8. The fraction of sp³-hybridized carbons (Fsp3) is 0.308. The zero-order valence-corrected chi connectivity index (χ0v) is 18.8. The highest BCUT2D eigenvalue weighted by atomic mass is 16.5. The first kappa shape index (κ1) is 20.1. The van der Waals surface area contributed by atoms with Gasteiger partial charge in [0.1, 0.15) is 17.2 Å². The van der Waals surface area contributed by atoms with Crippen LogP contribution in [0, 0.1) is 0 Å². The van der Waals surface area contributed by atoms with Crippen LogP contribution < -0.4 is 15.0 Å². The van der Waals surface area contributed by atoms with Crippen molar-refractivity contribution in [1.29, 1.82) is 0 Å². The molecule has 0 saturated carbocycles. The first-order chi connectivity index (χ1) is 16.2. The van der Waals surface area contributed by atoms with Gasteiger partial charge >= 0.3 is 0 Å². The van der Waals surface area contributed by atoms with Gasteiger partial charge in [0.05, 0.1) is 18.5 Å². The average molecular weight is 441 g/mol. The SMILES string of the molecule is CN1CCN(c2cc(Nc3cnc4[nH]cc(-c5ccc6c(c5)CCCO6)c4c3)ccn2)CC1. The highest BCUT2D eigenvalue weighted by molar-refractivity contribution is 5.95. The Morgan fingerprint density at radius 2 is 1.91 bits per heavy atom. The minimum atomic E-state index is 0.809. The van der Waals surface area contributed by atoms with Crippen LogP contribution in [0.5, 0.6) is 5.75 Å². The Hall–Kier alpha value is -3.58. The lowest BCUT2D eigenvalue weighted by Gasteiger charge is -2.33. The monoisotopic (exact) mass is 440 g/mol. The van der Waals surface area contributed by atoms with Gasteiger partial charge in [-0.1, -0.05) is 6.07 Å². The van der Waals surface area contributed by atoms with Gasteiger partial charge in [0, 0.05) is 61.3 Å². The number of aryl methyl sites for hydroxylation is 1. The largest absolute Gasteiger partial charge is 0.493 e. The molecule has 0 spiro atoms. The average Bonchev–Trinajstić information content (AvgIpc) is 3.28. The maximum absolute atomic E-state index is 5.79. The van der Waals surface area contributed by atoms with Crippen LogP contribution in [0.4, 0.5) is 17.2 Å². The van der Waals surface area contributed by atoms with Crippen molar-refractivity contribution in [2.24, 2.45) is 0 Å². The van der Waals surface area contributed by atoms with Gasteiger partial charge in [0.25, 0.3) is 0 Å². The zero-order chi connectivity index (χ0) is 22.2. The molecule has 0 unspecified atom stereocenters. The van der Waals surface area contributed by atoms with Crippen LogP contribution in [0.2, 0.25) is 0 Å². The number of H-pyrrole nitrogens is 1. The molecule has 2 aliphatic heterocycles. The second kappa shape index (κ2) is 8.41. The summed E-state index contributed by atoms with van der Waals surface area (Å²) in [5.74, 6) is 2.03. The van der Waals surface area contributed by atoms with Crippen LogP contribution in [0.3, 0.4) is 0 Å². The number of nitrogens with one attached hydrogen (secondary N) is 2. The first-order valence-corrected chi connectivity index (χ1v) is 11.6. The van der Waals surface area contributed by atoms with Gasteiger partial charge in [0.2, 0.25) is 0 Å². The number of likely N-dealkylation sites (N-methyl/N-ethyl adjacent to an activating group) is 1. The summed E-state index contributed by atoms with van der Waals surface area (Å²) in [4.78, 5) is 17.3. The minimum Gasteiger partial charge on any atom is -0.493 e. The molecule has 1 saturated heterocycles. The van der Waals surface area contributed by atoms with Crippen molar-refractivity contribution in [2.45, 2.75) is 12.8 Å². The predicted octanol–water partition coefficient (Wildman–Crippen LogP) is 4.45. The Balaban J connectivity index is 1.28. The smallest absolute Gasteiger partial charge is 0.138 e. The van der Waals surface area contributed by atoms with E-state index in [9.17, 15) is 0 Å². The van der Waals surface area contributed by atoms with E-state index in [1.54, 1.807) is 0 Å². The number of hydrogen-bond donors (Lipinski definition) is 2. The summed E-state index contributed by atoms with van der Waals surface area (Å²) in [5, 5.41) is 4.63. The van der Waals surface area contributed by atoms with E-state index in [1.165, 1.54) is 11.1 Å². The Bertz CT molecular complexity index is 1290. The molecule has 3 aromatic heterocycles. The number of benzene rings is 1. The fourth-order valence-corrected chi connectivity index (χ4v) is 4.71. The van der Waals surface area contributed by atoms with Gasteiger partial charge in [-0.05, 0) is 55.3 Å². The van der Waals surface area contributed by atoms with Crippen LogP contribution in [0.15, 0.2) is 55.0 Å². The Morgan fingerprint density at radius 1 is 1.00 bits per heavy atom. The summed E-state index contributed by atoms with van der Waals surface area (Å²) in [6.45, 7) is 4.93. The molecule has 0 amide bonds. The molecule has 7 nitrogen and oxygen atoms in total. The normalized spacial score (nSPS) is 16.5. The topological polar surface area (TPSA) is 69.3 Å². The summed E-state index contributed by atoms with van der Waals surface area (Å²) in [6, 6.07) is 12.8. The van der Waals surface area contributed by atoms with E-state index >= 15 is 0 Å². The van der Waals surface area contributed by atoms with Crippen molar-refractivity contribution in [1.82, 2.24) is 19.9 Å². The molecule has 33 heavy (non-hydrogen) atoms. The van der Waals surface area contributed by atoms with E-state index in [1.807, 2.05) is 24.7 Å². The van der Waals surface area contributed by atoms with Gasteiger partial charge < -0.3 is 24.8 Å². The maximum Gasteiger partial charge on any atom is 0.138 e. The van der Waals surface area contributed by atoms with Crippen LogP contribution in [-0.4, -0.2) is 59.7 Å². The van der Waals surface area contributed by atoms with Crippen molar-refractivity contribution >= 4 is 28.2 Å². The number of anilines is 3. The molecule has 5 heterocycles. The second-order valence-electron chi connectivity index (χ2n) is 8.92. The summed E-state index contributed by atoms with van der Waals surface area (Å²) >= 11 is 0. The molecule has 168 valence electrons. The van der Waals surface area contributed by atoms with E-state index in [2.05, 4.69) is 67.4 Å². The quantitative estimate of drug-likeness (QED) is 0.489. The lowest BCUT2D eigenvalue weighted by atomic mass is 9.99. The molecule has 2 aliphatic rings. The molecule has 0 bridgehead atoms. The number of piperazine rings is 1. The van der Waals surface area contributed by atoms with Crippen molar-refractivity contribution in [3.8, 4) is 16.9 Å². The number of rotatable bonds is 4. The van der Waals surface area contributed by atoms with E-state index in [4.69, 9.17) is 4.74 Å². The molecule has 1 aromatic carbocycles. The Labute approximate surface area is 193 Å². The van der Waals surface area contributed by atoms with Crippen LogP contribution in [0.1, 0.15) is 12.0 Å². The predicted molar refractivity (Wildman–Crippen MR) is 133 cm³/mol. The molecule has 2 N–H and O–H groups in total. The number of ether oxygens (including phenoxy) is 1. The number of pyridine rings is 2. The molecule has 0 aliphatic carbocycles. The van der Waals surface area contributed by atoms with E-state index in [-0.39, 0.29) is 0 Å². The lowest BCUT2D eigenvalue weighted by Crippen LogP contribution is -2.44. The van der Waals surface area contributed by atoms with Crippen molar-refractivity contribution in [3.63, 3.8) is 0 Å². The first-order valence-electron chi connectivity index (χ1n) is 11.6. The van der Waals surface area contributed by atoms with Crippen molar-refractivity contribution in [3.05, 3.63) is 60.6 Å². The van der Waals surface area contributed by atoms with E-state index in [0.29, 0.717) is 0 Å². The number of aromatic nitrogens is 3. The fourth-order valence-electron chi connectivity index (χ4n) is 4.71. The Kier molecular flexibility index (Phi) is 5.11. The van der Waals surface area contributed by atoms with Crippen molar-refractivity contribution < 1.29 is 4.74 Å². The maximum atomic E-state index is 5.79. The molecule has 4 aromatic rings. The van der Waals surface area contributed by atoms with Gasteiger partial charge in [-0.25, -0.2) is 9.97 Å². The van der Waals surface area contributed by atoms with E-state index < -0.39 is 0 Å². The molecule has 7 heteroatoms. The molecular formula is C26H28N6O. The number of aromatic amines is 1. The lowest BCUT2D eigenvalue weighted by molar-refractivity contribution is 0.288. The molecule has 1 fully saturated rings. The van der Waals surface area contributed by atoms with Crippen LogP contribution in [0.25, 0.3) is 22.2 Å². The molecule has 0 radical (unpaired) electrons. The molecular weight excluding hydrogens is 412 g/mol. The minimum absolute atomic E-state index is 0.809. The Morgan fingerprint density at radius 3 is 2.82 bits per heavy atom. The highest BCUT2D eigenvalue weighted by Crippen LogP contribution is 2.34. The van der Waals surface area contributed by atoms with Gasteiger partial charge in [0.15, 0.2) is 0 Å². The number of fused-ring (bicyclic) bond motifs is 2. The standard InChI is InChI=1S/C26H28N6O/c1-31-8-10-32(11-9-31)25-15-20(6-7-27-25)30-21-14-22-23(17-29-26(22)28-16-21)18-4-5-24-19(13-18)3-2-12-33-24/h4-7,13-17H,2-3,8-12H2,1H3,(H,27,30)(H,28,29). The molecule has 0 atom stereocenters. The van der Waals surface area contributed by atoms with E-state index in [0.717, 1.165) is 85.2 Å². The van der Waals surface area contributed by atoms with Gasteiger partial charge in [-0.15, -0.1) is 0 Å². The third kappa shape index (κ3) is 4.00. The third-order valence-corrected chi connectivity index (χ3v) is 6.61. The number of nitrogens with zero attached hydrogens (tertiary/aromatic N) is 4.